The largest absolute Gasteiger partial charge is 0.312 e. The monoisotopic (exact) mass is 274 g/mol. The molecule has 1 aromatic rings. The molecule has 0 saturated heterocycles. The molecule has 0 unspecified atom stereocenters. The van der Waals surface area contributed by atoms with Crippen LogP contribution in [-0.4, -0.2) is 18.5 Å². The Morgan fingerprint density at radius 3 is 2.70 bits per heavy atom. The second-order valence-electron chi connectivity index (χ2n) is 5.47. The van der Waals surface area contributed by atoms with Crippen molar-refractivity contribution in [1.29, 1.82) is 0 Å². The zero-order chi connectivity index (χ0) is 14.4. The fourth-order valence-corrected chi connectivity index (χ4v) is 2.82. The minimum atomic E-state index is 0.411. The quantitative estimate of drug-likeness (QED) is 0.385. The van der Waals surface area contributed by atoms with Crippen LogP contribution < -0.4 is 16.2 Å². The predicted octanol–water partition coefficient (Wildman–Crippen LogP) is 2.97. The van der Waals surface area contributed by atoms with Gasteiger partial charge in [0.05, 0.1) is 6.04 Å². The number of nitrogens with two attached hydrogens (primary N) is 1. The van der Waals surface area contributed by atoms with Gasteiger partial charge >= 0.3 is 0 Å². The van der Waals surface area contributed by atoms with E-state index >= 15 is 0 Å². The van der Waals surface area contributed by atoms with Crippen LogP contribution in [0.15, 0.2) is 29.3 Å². The zero-order valence-electron chi connectivity index (χ0n) is 12.6. The summed E-state index contributed by atoms with van der Waals surface area (Å²) in [7, 11) is 0. The molecule has 0 spiro atoms. The molecule has 3 N–H and O–H groups in total. The topological polar surface area (TPSA) is 53.6 Å². The maximum atomic E-state index is 5.72. The van der Waals surface area contributed by atoms with E-state index < -0.39 is 0 Å². The average molecular weight is 274 g/mol. The molecule has 110 valence electrons. The number of hydrazine groups is 1. The van der Waals surface area contributed by atoms with Crippen molar-refractivity contribution in [3.8, 4) is 0 Å². The molecule has 20 heavy (non-hydrogen) atoms. The minimum absolute atomic E-state index is 0.411. The van der Waals surface area contributed by atoms with Gasteiger partial charge in [-0.05, 0) is 44.4 Å². The number of nitrogens with zero attached hydrogens (tertiary/aromatic N) is 2. The Labute approximate surface area is 122 Å². The zero-order valence-corrected chi connectivity index (χ0v) is 12.6. The first kappa shape index (κ1) is 14.9. The molecule has 1 aromatic carbocycles. The van der Waals surface area contributed by atoms with Crippen molar-refractivity contribution in [3.05, 3.63) is 29.8 Å². The maximum Gasteiger partial charge on any atom is 0.213 e. The number of hydrogen-bond acceptors (Lipinski definition) is 2. The Balaban J connectivity index is 2.20. The summed E-state index contributed by atoms with van der Waals surface area (Å²) in [5.74, 6) is 6.50. The molecule has 1 saturated carbocycles. The fourth-order valence-electron chi connectivity index (χ4n) is 2.82. The van der Waals surface area contributed by atoms with Gasteiger partial charge in [-0.2, -0.15) is 0 Å². The first-order valence-electron chi connectivity index (χ1n) is 7.63. The van der Waals surface area contributed by atoms with Crippen molar-refractivity contribution in [2.75, 3.05) is 11.4 Å². The Morgan fingerprint density at radius 1 is 1.35 bits per heavy atom. The molecule has 4 nitrogen and oxygen atoms in total. The summed E-state index contributed by atoms with van der Waals surface area (Å²) in [6.07, 6.45) is 6.26. The van der Waals surface area contributed by atoms with Gasteiger partial charge in [0, 0.05) is 12.2 Å². The summed E-state index contributed by atoms with van der Waals surface area (Å²) in [5.41, 5.74) is 5.18. The van der Waals surface area contributed by atoms with E-state index in [0.29, 0.717) is 6.04 Å². The molecular formula is C16H26N4. The highest BCUT2D eigenvalue weighted by molar-refractivity contribution is 5.95. The van der Waals surface area contributed by atoms with Gasteiger partial charge in [-0.15, -0.1) is 0 Å². The summed E-state index contributed by atoms with van der Waals surface area (Å²) in [4.78, 5) is 6.98. The van der Waals surface area contributed by atoms with E-state index in [-0.39, 0.29) is 0 Å². The van der Waals surface area contributed by atoms with E-state index in [9.17, 15) is 0 Å². The molecule has 0 bridgehead atoms. The smallest absolute Gasteiger partial charge is 0.213 e. The number of guanidine groups is 1. The summed E-state index contributed by atoms with van der Waals surface area (Å²) >= 11 is 0. The number of aliphatic imine (C=N–C) groups is 1. The van der Waals surface area contributed by atoms with Crippen molar-refractivity contribution in [1.82, 2.24) is 5.43 Å². The number of rotatable bonds is 3. The van der Waals surface area contributed by atoms with E-state index in [1.807, 2.05) is 0 Å². The normalized spacial score (nSPS) is 17.1. The lowest BCUT2D eigenvalue weighted by Gasteiger charge is -2.27. The van der Waals surface area contributed by atoms with E-state index in [2.05, 4.69) is 48.4 Å². The lowest BCUT2D eigenvalue weighted by atomic mass is 9.96. The van der Waals surface area contributed by atoms with E-state index in [1.54, 1.807) is 0 Å². The number of benzene rings is 1. The second kappa shape index (κ2) is 7.29. The van der Waals surface area contributed by atoms with Crippen molar-refractivity contribution >= 4 is 11.6 Å². The molecular weight excluding hydrogens is 248 g/mol. The highest BCUT2D eigenvalue weighted by atomic mass is 15.4. The molecule has 0 radical (unpaired) electrons. The van der Waals surface area contributed by atoms with Gasteiger partial charge < -0.3 is 4.90 Å². The molecule has 0 heterocycles. The lowest BCUT2D eigenvalue weighted by molar-refractivity contribution is 0.442. The molecule has 1 fully saturated rings. The van der Waals surface area contributed by atoms with Gasteiger partial charge in [0.15, 0.2) is 0 Å². The third-order valence-electron chi connectivity index (χ3n) is 3.89. The number of anilines is 1. The van der Waals surface area contributed by atoms with Crippen LogP contribution in [0.2, 0.25) is 0 Å². The number of hydrogen-bond donors (Lipinski definition) is 2. The SMILES string of the molecule is CCN(C(=NC1CCCCC1)NN)c1cccc(C)c1. The first-order chi connectivity index (χ1) is 9.74. The van der Waals surface area contributed by atoms with E-state index in [1.165, 1.54) is 37.7 Å². The maximum absolute atomic E-state index is 5.72. The van der Waals surface area contributed by atoms with Gasteiger partial charge in [0.1, 0.15) is 0 Å². The van der Waals surface area contributed by atoms with Crippen LogP contribution in [0.3, 0.4) is 0 Å². The summed E-state index contributed by atoms with van der Waals surface area (Å²) < 4.78 is 0. The third kappa shape index (κ3) is 3.73. The molecule has 0 atom stereocenters. The average Bonchev–Trinajstić information content (AvgIpc) is 2.48. The Bertz CT molecular complexity index is 450. The molecule has 0 amide bonds. The van der Waals surface area contributed by atoms with Crippen LogP contribution in [0, 0.1) is 6.92 Å². The van der Waals surface area contributed by atoms with Crippen molar-refractivity contribution in [2.45, 2.75) is 52.0 Å². The van der Waals surface area contributed by atoms with E-state index in [4.69, 9.17) is 10.8 Å². The molecule has 0 aliphatic heterocycles. The van der Waals surface area contributed by atoms with Crippen LogP contribution >= 0.6 is 0 Å². The van der Waals surface area contributed by atoms with Crippen molar-refractivity contribution in [2.24, 2.45) is 10.8 Å². The van der Waals surface area contributed by atoms with E-state index in [0.717, 1.165) is 18.2 Å². The summed E-state index contributed by atoms with van der Waals surface area (Å²) in [5, 5.41) is 0. The van der Waals surface area contributed by atoms with Crippen LogP contribution in [0.25, 0.3) is 0 Å². The van der Waals surface area contributed by atoms with Crippen molar-refractivity contribution < 1.29 is 0 Å². The molecule has 0 aromatic heterocycles. The standard InChI is InChI=1S/C16H26N4/c1-3-20(15-11-7-8-13(2)12-15)16(19-17)18-14-9-5-4-6-10-14/h7-8,11-12,14H,3-6,9-10,17H2,1-2H3,(H,18,19). The molecule has 2 rings (SSSR count). The highest BCUT2D eigenvalue weighted by Gasteiger charge is 2.16. The summed E-state index contributed by atoms with van der Waals surface area (Å²) in [6, 6.07) is 8.85. The van der Waals surface area contributed by atoms with Gasteiger partial charge in [0.2, 0.25) is 5.96 Å². The van der Waals surface area contributed by atoms with Crippen LogP contribution in [0.1, 0.15) is 44.6 Å². The third-order valence-corrected chi connectivity index (χ3v) is 3.89. The van der Waals surface area contributed by atoms with Gasteiger partial charge in [-0.1, -0.05) is 31.4 Å². The number of aryl methyl sites for hydroxylation is 1. The van der Waals surface area contributed by atoms with Crippen molar-refractivity contribution in [3.63, 3.8) is 0 Å². The van der Waals surface area contributed by atoms with Gasteiger partial charge in [-0.3, -0.25) is 5.43 Å². The first-order valence-corrected chi connectivity index (χ1v) is 7.63. The molecule has 1 aliphatic carbocycles. The lowest BCUT2D eigenvalue weighted by Crippen LogP contribution is -2.45. The second-order valence-corrected chi connectivity index (χ2v) is 5.47. The van der Waals surface area contributed by atoms with Crippen LogP contribution in [-0.2, 0) is 0 Å². The molecule has 1 aliphatic rings. The Morgan fingerprint density at radius 2 is 2.10 bits per heavy atom. The van der Waals surface area contributed by atoms with Gasteiger partial charge in [0.25, 0.3) is 0 Å². The highest BCUT2D eigenvalue weighted by Crippen LogP contribution is 2.22. The van der Waals surface area contributed by atoms with Crippen LogP contribution in [0.5, 0.6) is 0 Å². The Hall–Kier alpha value is -1.55. The fraction of sp³-hybridized carbons (Fsp3) is 0.562. The van der Waals surface area contributed by atoms with Gasteiger partial charge in [-0.25, -0.2) is 10.8 Å². The predicted molar refractivity (Wildman–Crippen MR) is 85.8 cm³/mol. The minimum Gasteiger partial charge on any atom is -0.312 e. The summed E-state index contributed by atoms with van der Waals surface area (Å²) in [6.45, 7) is 5.07. The van der Waals surface area contributed by atoms with Crippen LogP contribution in [0.4, 0.5) is 5.69 Å². The Kier molecular flexibility index (Phi) is 5.41. The number of nitrogens with one attached hydrogen (secondary N) is 1. The molecule has 4 heteroatoms.